The van der Waals surface area contributed by atoms with Crippen LogP contribution in [-0.2, 0) is 22.3 Å². The number of hydrogen-bond acceptors (Lipinski definition) is 5. The normalized spacial score (nSPS) is 19.0. The van der Waals surface area contributed by atoms with Crippen LogP contribution in [0.3, 0.4) is 0 Å². The fraction of sp³-hybridized carbons (Fsp3) is 0.357. The Morgan fingerprint density at radius 2 is 1.17 bits per heavy atom. The van der Waals surface area contributed by atoms with Crippen LogP contribution in [0.15, 0.2) is 60.7 Å². The third kappa shape index (κ3) is 4.41. The summed E-state index contributed by atoms with van der Waals surface area (Å²) in [7, 11) is 0. The first-order valence-electron chi connectivity index (χ1n) is 12.2. The monoisotopic (exact) mass is 490 g/mol. The molecule has 2 unspecified atom stereocenters. The van der Waals surface area contributed by atoms with Gasteiger partial charge < -0.3 is 9.47 Å². The van der Waals surface area contributed by atoms with Crippen molar-refractivity contribution in [3.05, 3.63) is 92.7 Å². The summed E-state index contributed by atoms with van der Waals surface area (Å²) < 4.78 is 10.8. The average Bonchev–Trinajstić information content (AvgIpc) is 3.37. The van der Waals surface area contributed by atoms with Gasteiger partial charge in [0.15, 0.2) is 0 Å². The zero-order valence-corrected chi connectivity index (χ0v) is 20.9. The molecule has 7 heteroatoms. The van der Waals surface area contributed by atoms with Crippen LogP contribution < -0.4 is 0 Å². The molecule has 2 amide bonds. The maximum Gasteiger partial charge on any atom is 0.410 e. The van der Waals surface area contributed by atoms with Crippen LogP contribution in [0.5, 0.6) is 0 Å². The van der Waals surface area contributed by atoms with Gasteiger partial charge in [0.2, 0.25) is 0 Å². The molecule has 2 aliphatic rings. The highest BCUT2D eigenvalue weighted by molar-refractivity contribution is 7.12. The molecule has 0 aliphatic carbocycles. The van der Waals surface area contributed by atoms with E-state index in [-0.39, 0.29) is 24.3 Å². The van der Waals surface area contributed by atoms with Crippen molar-refractivity contribution in [2.45, 2.75) is 38.8 Å². The van der Waals surface area contributed by atoms with Gasteiger partial charge >= 0.3 is 12.2 Å². The van der Waals surface area contributed by atoms with Crippen molar-refractivity contribution >= 4 is 23.5 Å². The van der Waals surface area contributed by atoms with Gasteiger partial charge in [-0.1, -0.05) is 48.5 Å². The number of benzene rings is 2. The van der Waals surface area contributed by atoms with E-state index in [0.29, 0.717) is 26.3 Å². The lowest BCUT2D eigenvalue weighted by Gasteiger charge is -2.37. The summed E-state index contributed by atoms with van der Waals surface area (Å²) in [5.74, 6) is 0. The molecule has 0 saturated heterocycles. The molecule has 1 aromatic heterocycles. The smallest absolute Gasteiger partial charge is 0.410 e. The van der Waals surface area contributed by atoms with Crippen LogP contribution in [0.25, 0.3) is 0 Å². The fourth-order valence-electron chi connectivity index (χ4n) is 5.22. The molecule has 0 spiro atoms. The van der Waals surface area contributed by atoms with Crippen molar-refractivity contribution in [2.24, 2.45) is 0 Å². The van der Waals surface area contributed by atoms with E-state index in [1.807, 2.05) is 47.9 Å². The molecule has 2 atom stereocenters. The summed E-state index contributed by atoms with van der Waals surface area (Å²) in [6.07, 6.45) is 1.02. The Bertz CT molecular complexity index is 1130. The number of nitrogens with zero attached hydrogens (tertiary/aromatic N) is 2. The van der Waals surface area contributed by atoms with Gasteiger partial charge in [-0.25, -0.2) is 9.59 Å². The van der Waals surface area contributed by atoms with Gasteiger partial charge in [-0.15, -0.1) is 11.3 Å². The Morgan fingerprint density at radius 3 is 1.60 bits per heavy atom. The first-order chi connectivity index (χ1) is 17.1. The van der Waals surface area contributed by atoms with Crippen molar-refractivity contribution < 1.29 is 19.1 Å². The van der Waals surface area contributed by atoms with Gasteiger partial charge in [-0.05, 0) is 61.1 Å². The highest BCUT2D eigenvalue weighted by Crippen LogP contribution is 2.43. The fourth-order valence-corrected chi connectivity index (χ4v) is 6.49. The van der Waals surface area contributed by atoms with E-state index < -0.39 is 0 Å². The molecule has 3 aromatic rings. The zero-order valence-electron chi connectivity index (χ0n) is 20.1. The summed E-state index contributed by atoms with van der Waals surface area (Å²) in [5, 5.41) is 0. The van der Waals surface area contributed by atoms with Gasteiger partial charge in [0, 0.05) is 22.8 Å². The van der Waals surface area contributed by atoms with Gasteiger partial charge in [-0.3, -0.25) is 9.80 Å². The maximum atomic E-state index is 12.9. The Balaban J connectivity index is 1.57. The zero-order chi connectivity index (χ0) is 24.4. The SMILES string of the molecule is CCOC(=O)N1CCc2ccccc2C1c1ccc(C2c3ccccc3CCN2C(=O)OCC)s1. The molecular formula is C28H30N2O4S. The standard InChI is InChI=1S/C28H30N2O4S/c1-3-33-27(31)29-17-15-19-9-5-7-11-21(19)25(29)23-13-14-24(35-23)26-22-12-8-6-10-20(22)16-18-30(26)28(32)34-4-2/h5-14,25-26H,3-4,15-18H2,1-2H3. The Hall–Kier alpha value is -3.32. The van der Waals surface area contributed by atoms with E-state index in [0.717, 1.165) is 33.7 Å². The van der Waals surface area contributed by atoms with Crippen LogP contribution in [0.4, 0.5) is 9.59 Å². The third-order valence-corrected chi connectivity index (χ3v) is 7.95. The molecule has 5 rings (SSSR count). The quantitative estimate of drug-likeness (QED) is 0.453. The lowest BCUT2D eigenvalue weighted by Crippen LogP contribution is -2.41. The second kappa shape index (κ2) is 10.1. The van der Waals surface area contributed by atoms with Crippen molar-refractivity contribution in [1.29, 1.82) is 0 Å². The van der Waals surface area contributed by atoms with Crippen LogP contribution in [0.1, 0.15) is 57.9 Å². The third-order valence-electron chi connectivity index (χ3n) is 6.76. The largest absolute Gasteiger partial charge is 0.450 e. The molecule has 182 valence electrons. The Kier molecular flexibility index (Phi) is 6.77. The first kappa shape index (κ1) is 23.4. The summed E-state index contributed by atoms with van der Waals surface area (Å²) in [5.41, 5.74) is 4.77. The van der Waals surface area contributed by atoms with Crippen molar-refractivity contribution in [3.63, 3.8) is 0 Å². The van der Waals surface area contributed by atoms with Crippen LogP contribution in [0.2, 0.25) is 0 Å². The number of carbonyl (C=O) groups is 2. The molecule has 0 radical (unpaired) electrons. The van der Waals surface area contributed by atoms with Crippen molar-refractivity contribution in [3.8, 4) is 0 Å². The van der Waals surface area contributed by atoms with E-state index in [9.17, 15) is 9.59 Å². The minimum absolute atomic E-state index is 0.215. The highest BCUT2D eigenvalue weighted by atomic mass is 32.1. The van der Waals surface area contributed by atoms with Gasteiger partial charge in [-0.2, -0.15) is 0 Å². The lowest BCUT2D eigenvalue weighted by molar-refractivity contribution is 0.0938. The van der Waals surface area contributed by atoms with E-state index >= 15 is 0 Å². The molecule has 0 fully saturated rings. The maximum absolute atomic E-state index is 12.9. The van der Waals surface area contributed by atoms with Crippen molar-refractivity contribution in [1.82, 2.24) is 9.80 Å². The van der Waals surface area contributed by atoms with Crippen LogP contribution in [0, 0.1) is 0 Å². The molecule has 0 bridgehead atoms. The van der Waals surface area contributed by atoms with E-state index in [4.69, 9.17) is 9.47 Å². The summed E-state index contributed by atoms with van der Waals surface area (Å²) in [4.78, 5) is 31.6. The molecule has 0 saturated carbocycles. The minimum atomic E-state index is -0.293. The number of ether oxygens (including phenoxy) is 2. The number of fused-ring (bicyclic) bond motifs is 2. The predicted molar refractivity (Wildman–Crippen MR) is 136 cm³/mol. The van der Waals surface area contributed by atoms with Crippen LogP contribution in [-0.4, -0.2) is 48.3 Å². The topological polar surface area (TPSA) is 59.1 Å². The highest BCUT2D eigenvalue weighted by Gasteiger charge is 2.37. The number of carbonyl (C=O) groups excluding carboxylic acids is 2. The van der Waals surface area contributed by atoms with Crippen LogP contribution >= 0.6 is 11.3 Å². The number of amides is 2. The number of thiophene rings is 1. The summed E-state index contributed by atoms with van der Waals surface area (Å²) in [6.45, 7) is 5.56. The van der Waals surface area contributed by atoms with E-state index in [2.05, 4.69) is 36.4 Å². The second-order valence-electron chi connectivity index (χ2n) is 8.73. The average molecular weight is 491 g/mol. The molecule has 35 heavy (non-hydrogen) atoms. The van der Waals surface area contributed by atoms with E-state index in [1.54, 1.807) is 11.3 Å². The van der Waals surface area contributed by atoms with Gasteiger partial charge in [0.25, 0.3) is 0 Å². The molecule has 0 N–H and O–H groups in total. The predicted octanol–water partition coefficient (Wildman–Crippen LogP) is 5.96. The molecule has 6 nitrogen and oxygen atoms in total. The summed E-state index contributed by atoms with van der Waals surface area (Å²) in [6, 6.07) is 20.4. The van der Waals surface area contributed by atoms with Gasteiger partial charge in [0.05, 0.1) is 25.3 Å². The minimum Gasteiger partial charge on any atom is -0.450 e. The molecule has 2 aliphatic heterocycles. The first-order valence-corrected chi connectivity index (χ1v) is 13.1. The van der Waals surface area contributed by atoms with Crippen molar-refractivity contribution in [2.75, 3.05) is 26.3 Å². The second-order valence-corrected chi connectivity index (χ2v) is 9.87. The van der Waals surface area contributed by atoms with E-state index in [1.165, 1.54) is 11.1 Å². The Labute approximate surface area is 210 Å². The number of rotatable bonds is 4. The van der Waals surface area contributed by atoms with Gasteiger partial charge in [0.1, 0.15) is 0 Å². The lowest BCUT2D eigenvalue weighted by atomic mass is 9.91. The molecule has 2 aromatic carbocycles. The summed E-state index contributed by atoms with van der Waals surface area (Å²) >= 11 is 1.65. The Morgan fingerprint density at radius 1 is 0.743 bits per heavy atom. The number of hydrogen-bond donors (Lipinski definition) is 0. The molecule has 3 heterocycles. The molecular weight excluding hydrogens is 460 g/mol.